The summed E-state index contributed by atoms with van der Waals surface area (Å²) in [5.74, 6) is 1.11. The third kappa shape index (κ3) is 1.44. The minimum Gasteiger partial charge on any atom is -0.368 e. The van der Waals surface area contributed by atoms with Crippen LogP contribution in [-0.2, 0) is 14.2 Å². The summed E-state index contributed by atoms with van der Waals surface area (Å²) in [4.78, 5) is 0. The van der Waals surface area contributed by atoms with Gasteiger partial charge in [-0.15, -0.1) is 0 Å². The molecule has 0 aromatic carbocycles. The summed E-state index contributed by atoms with van der Waals surface area (Å²) in [7, 11) is 0. The Hall–Kier alpha value is -0.160. The van der Waals surface area contributed by atoms with Crippen LogP contribution >= 0.6 is 0 Å². The van der Waals surface area contributed by atoms with Crippen molar-refractivity contribution >= 4 is 0 Å². The Bertz CT molecular complexity index is 400. The Morgan fingerprint density at radius 1 is 1.11 bits per heavy atom. The smallest absolute Gasteiger partial charge is 0.193 e. The van der Waals surface area contributed by atoms with Crippen LogP contribution in [0, 0.1) is 23.7 Å². The molecule has 0 unspecified atom stereocenters. The van der Waals surface area contributed by atoms with Gasteiger partial charge in [0.1, 0.15) is 5.60 Å². The van der Waals surface area contributed by atoms with Gasteiger partial charge in [0.05, 0.1) is 0 Å². The van der Waals surface area contributed by atoms with E-state index < -0.39 is 12.1 Å². The molecule has 1 saturated carbocycles. The van der Waals surface area contributed by atoms with Crippen molar-refractivity contribution in [2.24, 2.45) is 23.7 Å². The number of aliphatic hydroxyl groups excluding tert-OH is 1. The van der Waals surface area contributed by atoms with E-state index in [1.807, 2.05) is 6.92 Å². The minimum absolute atomic E-state index is 0.121. The first kappa shape index (κ1) is 12.6. The van der Waals surface area contributed by atoms with Gasteiger partial charge in [-0.05, 0) is 38.0 Å². The largest absolute Gasteiger partial charge is 0.368 e. The second-order valence-electron chi connectivity index (χ2n) is 7.23. The van der Waals surface area contributed by atoms with Gasteiger partial charge in [0.25, 0.3) is 0 Å². The number of hydrogen-bond donors (Lipinski definition) is 1. The highest BCUT2D eigenvalue weighted by molar-refractivity contribution is 5.12. The molecule has 1 spiro atoms. The normalized spacial score (nSPS) is 63.8. The first-order chi connectivity index (χ1) is 8.96. The first-order valence-corrected chi connectivity index (χ1v) is 7.68. The molecule has 4 nitrogen and oxygen atoms in total. The molecule has 8 atom stereocenters. The van der Waals surface area contributed by atoms with Crippen molar-refractivity contribution in [1.82, 2.24) is 0 Å². The van der Waals surface area contributed by atoms with Gasteiger partial charge in [-0.3, -0.25) is 0 Å². The van der Waals surface area contributed by atoms with Gasteiger partial charge >= 0.3 is 0 Å². The summed E-state index contributed by atoms with van der Waals surface area (Å²) in [5.41, 5.74) is -0.316. The van der Waals surface area contributed by atoms with E-state index >= 15 is 0 Å². The van der Waals surface area contributed by atoms with E-state index in [-0.39, 0.29) is 17.8 Å². The predicted octanol–water partition coefficient (Wildman–Crippen LogP) is 2.26. The molecular weight excluding hydrogens is 244 g/mol. The van der Waals surface area contributed by atoms with Crippen LogP contribution in [-0.4, -0.2) is 29.1 Å². The molecule has 0 aromatic rings. The number of hydrogen-bond acceptors (Lipinski definition) is 4. The Labute approximate surface area is 114 Å². The molecule has 0 amide bonds. The van der Waals surface area contributed by atoms with Crippen molar-refractivity contribution in [2.75, 3.05) is 0 Å². The molecule has 108 valence electrons. The molecule has 4 heteroatoms. The summed E-state index contributed by atoms with van der Waals surface area (Å²) in [6, 6.07) is 0. The van der Waals surface area contributed by atoms with Crippen molar-refractivity contribution in [1.29, 1.82) is 0 Å². The van der Waals surface area contributed by atoms with Gasteiger partial charge in [0.2, 0.25) is 0 Å². The van der Waals surface area contributed by atoms with E-state index in [1.54, 1.807) is 0 Å². The maximum absolute atomic E-state index is 10.1. The Kier molecular flexibility index (Phi) is 2.47. The number of fused-ring (bicyclic) bond motifs is 1. The summed E-state index contributed by atoms with van der Waals surface area (Å²) in [5, 5.41) is 10.1. The first-order valence-electron chi connectivity index (χ1n) is 7.68. The van der Waals surface area contributed by atoms with Crippen LogP contribution in [0.5, 0.6) is 0 Å². The van der Waals surface area contributed by atoms with Gasteiger partial charge < -0.3 is 19.3 Å². The van der Waals surface area contributed by atoms with Crippen LogP contribution < -0.4 is 0 Å². The molecule has 4 rings (SSSR count). The van der Waals surface area contributed by atoms with Crippen molar-refractivity contribution in [3.05, 3.63) is 0 Å². The fourth-order valence-corrected chi connectivity index (χ4v) is 5.15. The average molecular weight is 268 g/mol. The summed E-state index contributed by atoms with van der Waals surface area (Å²) >= 11 is 0. The minimum atomic E-state index is -0.721. The van der Waals surface area contributed by atoms with Crippen molar-refractivity contribution < 1.29 is 19.3 Å². The van der Waals surface area contributed by atoms with Gasteiger partial charge in [0.15, 0.2) is 18.4 Å². The standard InChI is InChI=1S/C15H24O4/c1-8-4-5-11-9(2)12(16)17-13-15(11)10(8)6-7-14(3,18-13)19-15/h8-13,16H,4-7H2,1-3H3/t8-,9+,10+,11+,12+,13-,14-,15-/m1/s1. The Morgan fingerprint density at radius 2 is 1.89 bits per heavy atom. The average Bonchev–Trinajstić information content (AvgIpc) is 2.56. The molecule has 3 saturated heterocycles. The van der Waals surface area contributed by atoms with Gasteiger partial charge in [-0.1, -0.05) is 13.8 Å². The van der Waals surface area contributed by atoms with Crippen LogP contribution in [0.4, 0.5) is 0 Å². The second-order valence-corrected chi connectivity index (χ2v) is 7.23. The van der Waals surface area contributed by atoms with E-state index in [1.165, 1.54) is 6.42 Å². The van der Waals surface area contributed by atoms with E-state index in [0.29, 0.717) is 17.8 Å². The van der Waals surface area contributed by atoms with Crippen molar-refractivity contribution in [2.45, 2.75) is 70.4 Å². The monoisotopic (exact) mass is 268 g/mol. The summed E-state index contributed by atoms with van der Waals surface area (Å²) < 4.78 is 18.3. The third-order valence-corrected chi connectivity index (χ3v) is 6.15. The molecular formula is C15H24O4. The highest BCUT2D eigenvalue weighted by Crippen LogP contribution is 2.63. The molecule has 4 aliphatic rings. The summed E-state index contributed by atoms with van der Waals surface area (Å²) in [6.45, 7) is 6.43. The van der Waals surface area contributed by atoms with Gasteiger partial charge in [-0.25, -0.2) is 0 Å². The van der Waals surface area contributed by atoms with Crippen LogP contribution in [0.15, 0.2) is 0 Å². The molecule has 2 bridgehead atoms. The lowest BCUT2D eigenvalue weighted by atomic mass is 9.57. The Balaban J connectivity index is 1.81. The molecule has 3 heterocycles. The van der Waals surface area contributed by atoms with Gasteiger partial charge in [0, 0.05) is 18.3 Å². The zero-order valence-electron chi connectivity index (χ0n) is 12.0. The maximum atomic E-state index is 10.1. The number of aliphatic hydroxyl groups is 1. The van der Waals surface area contributed by atoms with Crippen LogP contribution in [0.1, 0.15) is 46.5 Å². The SMILES string of the molecule is C[C@@H]1[C@@H](O)O[C@@H]2O[C@@]3(C)CC[C@H]4[C@H](C)CC[C@@H]1[C@@]24O3. The van der Waals surface area contributed by atoms with E-state index in [2.05, 4.69) is 13.8 Å². The summed E-state index contributed by atoms with van der Waals surface area (Å²) in [6.07, 6.45) is 3.30. The van der Waals surface area contributed by atoms with Crippen molar-refractivity contribution in [3.8, 4) is 0 Å². The zero-order valence-corrected chi connectivity index (χ0v) is 12.0. The lowest BCUT2D eigenvalue weighted by Crippen LogP contribution is -2.66. The fourth-order valence-electron chi connectivity index (χ4n) is 5.15. The molecule has 0 aromatic heterocycles. The highest BCUT2D eigenvalue weighted by Gasteiger charge is 2.71. The molecule has 3 aliphatic heterocycles. The quantitative estimate of drug-likeness (QED) is 0.732. The lowest BCUT2D eigenvalue weighted by Gasteiger charge is -2.57. The predicted molar refractivity (Wildman–Crippen MR) is 68.0 cm³/mol. The molecule has 0 radical (unpaired) electrons. The van der Waals surface area contributed by atoms with Crippen LogP contribution in [0.25, 0.3) is 0 Å². The molecule has 4 fully saturated rings. The van der Waals surface area contributed by atoms with Crippen molar-refractivity contribution in [3.63, 3.8) is 0 Å². The Morgan fingerprint density at radius 3 is 2.68 bits per heavy atom. The fraction of sp³-hybridized carbons (Fsp3) is 1.00. The topological polar surface area (TPSA) is 47.9 Å². The van der Waals surface area contributed by atoms with E-state index in [0.717, 1.165) is 19.3 Å². The van der Waals surface area contributed by atoms with E-state index in [4.69, 9.17) is 14.2 Å². The molecule has 1 aliphatic carbocycles. The van der Waals surface area contributed by atoms with Crippen LogP contribution in [0.2, 0.25) is 0 Å². The maximum Gasteiger partial charge on any atom is 0.193 e. The van der Waals surface area contributed by atoms with Gasteiger partial charge in [-0.2, -0.15) is 0 Å². The third-order valence-electron chi connectivity index (χ3n) is 6.15. The molecule has 19 heavy (non-hydrogen) atoms. The number of ether oxygens (including phenoxy) is 3. The highest BCUT2D eigenvalue weighted by atomic mass is 16.9. The van der Waals surface area contributed by atoms with E-state index in [9.17, 15) is 5.11 Å². The van der Waals surface area contributed by atoms with Crippen LogP contribution in [0.3, 0.4) is 0 Å². The zero-order chi connectivity index (χ0) is 13.4. The lowest BCUT2D eigenvalue weighted by molar-refractivity contribution is -0.326. The number of rotatable bonds is 0. The molecule has 1 N–H and O–H groups in total. The second kappa shape index (κ2) is 3.73.